The molecule has 290 valence electrons. The van der Waals surface area contributed by atoms with Crippen LogP contribution in [0.2, 0.25) is 10.3 Å². The first kappa shape index (κ1) is 36.0. The molecule has 8 aromatic rings. The van der Waals surface area contributed by atoms with Gasteiger partial charge in [0.25, 0.3) is 11.9 Å². The van der Waals surface area contributed by atoms with Crippen LogP contribution in [0.1, 0.15) is 0 Å². The first-order chi connectivity index (χ1) is 28.6. The largest absolute Gasteiger partial charge is 0.378 e. The summed E-state index contributed by atoms with van der Waals surface area (Å²) in [6.45, 7) is 5.97. The van der Waals surface area contributed by atoms with Gasteiger partial charge in [0.05, 0.1) is 72.6 Å². The zero-order chi connectivity index (χ0) is 39.0. The van der Waals surface area contributed by atoms with Gasteiger partial charge in [-0.25, -0.2) is 39.0 Å². The first-order valence-corrected chi connectivity index (χ1v) is 19.7. The Kier molecular flexibility index (Phi) is 9.67. The number of pyridine rings is 2. The standard InChI is InChI=1S/C42H36Cl2N12O2/c43-39-35(3-1-17-45-39)37-15-13-33-27-47-41(49-53(33)37)55(31-9-5-29(6-10-31)51-19-23-57-24-20-51)56(32-11-7-30(8-12-32)52-21-25-58-26-22-52)42-48-28-34-14-16-38(54(34)50-42)36-4-2-18-46-40(36)44/h1-18,27-28H,19-26H2. The first-order valence-electron chi connectivity index (χ1n) is 19.0. The van der Waals surface area contributed by atoms with Crippen LogP contribution in [-0.2, 0) is 9.47 Å². The zero-order valence-electron chi connectivity index (χ0n) is 31.1. The number of anilines is 6. The number of halogens is 2. The van der Waals surface area contributed by atoms with E-state index < -0.39 is 0 Å². The number of hydrazine groups is 1. The fourth-order valence-corrected chi connectivity index (χ4v) is 7.87. The van der Waals surface area contributed by atoms with Crippen molar-refractivity contribution >= 4 is 68.9 Å². The van der Waals surface area contributed by atoms with Crippen molar-refractivity contribution in [3.05, 3.63) is 132 Å². The van der Waals surface area contributed by atoms with Gasteiger partial charge in [0, 0.05) is 61.1 Å². The molecule has 6 aromatic heterocycles. The minimum absolute atomic E-state index is 0.355. The summed E-state index contributed by atoms with van der Waals surface area (Å²) >= 11 is 13.3. The summed E-state index contributed by atoms with van der Waals surface area (Å²) in [7, 11) is 0. The van der Waals surface area contributed by atoms with Gasteiger partial charge in [-0.3, -0.25) is 0 Å². The third-order valence-electron chi connectivity index (χ3n) is 10.4. The van der Waals surface area contributed by atoms with Crippen molar-refractivity contribution in [1.29, 1.82) is 0 Å². The van der Waals surface area contributed by atoms with Gasteiger partial charge in [0.2, 0.25) is 0 Å². The van der Waals surface area contributed by atoms with Gasteiger partial charge < -0.3 is 19.3 Å². The average molecular weight is 812 g/mol. The van der Waals surface area contributed by atoms with Crippen molar-refractivity contribution in [3.63, 3.8) is 0 Å². The fourth-order valence-electron chi connectivity index (χ4n) is 7.44. The van der Waals surface area contributed by atoms with E-state index >= 15 is 0 Å². The lowest BCUT2D eigenvalue weighted by Gasteiger charge is -2.35. The second-order valence-electron chi connectivity index (χ2n) is 13.8. The predicted molar refractivity (Wildman–Crippen MR) is 226 cm³/mol. The molecule has 8 heterocycles. The second kappa shape index (κ2) is 15.6. The van der Waals surface area contributed by atoms with Crippen molar-refractivity contribution in [2.75, 3.05) is 72.4 Å². The molecule has 0 spiro atoms. The van der Waals surface area contributed by atoms with Gasteiger partial charge >= 0.3 is 0 Å². The second-order valence-corrected chi connectivity index (χ2v) is 14.5. The van der Waals surface area contributed by atoms with Crippen LogP contribution in [0.15, 0.2) is 122 Å². The fraction of sp³-hybridized carbons (Fsp3) is 0.190. The lowest BCUT2D eigenvalue weighted by molar-refractivity contribution is 0.122. The molecule has 2 aliphatic rings. The Morgan fingerprint density at radius 3 is 1.29 bits per heavy atom. The summed E-state index contributed by atoms with van der Waals surface area (Å²) in [6, 6.07) is 32.1. The van der Waals surface area contributed by atoms with Gasteiger partial charge in [0.1, 0.15) is 10.3 Å². The van der Waals surface area contributed by atoms with E-state index in [2.05, 4.69) is 68.3 Å². The summed E-state index contributed by atoms with van der Waals surface area (Å²) in [5.41, 5.74) is 8.31. The molecule has 2 aromatic carbocycles. The number of fused-ring (bicyclic) bond motifs is 2. The molecule has 0 bridgehead atoms. The third-order valence-corrected chi connectivity index (χ3v) is 11.0. The maximum absolute atomic E-state index is 6.64. The molecule has 58 heavy (non-hydrogen) atoms. The molecular formula is C42H36Cl2N12O2. The number of rotatable bonds is 9. The Morgan fingerprint density at radius 2 is 0.897 bits per heavy atom. The quantitative estimate of drug-likeness (QED) is 0.105. The van der Waals surface area contributed by atoms with Crippen molar-refractivity contribution < 1.29 is 9.47 Å². The van der Waals surface area contributed by atoms with E-state index in [0.717, 1.165) is 82.5 Å². The Bertz CT molecular complexity index is 2530. The zero-order valence-corrected chi connectivity index (χ0v) is 32.7. The highest BCUT2D eigenvalue weighted by Crippen LogP contribution is 2.37. The monoisotopic (exact) mass is 810 g/mol. The topological polar surface area (TPSA) is 118 Å². The van der Waals surface area contributed by atoms with Crippen LogP contribution in [0.5, 0.6) is 0 Å². The summed E-state index contributed by atoms with van der Waals surface area (Å²) < 4.78 is 14.9. The summed E-state index contributed by atoms with van der Waals surface area (Å²) in [5.74, 6) is 0.709. The van der Waals surface area contributed by atoms with Crippen LogP contribution in [0.3, 0.4) is 0 Å². The molecule has 0 atom stereocenters. The van der Waals surface area contributed by atoms with E-state index in [1.807, 2.05) is 67.6 Å². The number of aromatic nitrogens is 8. The Balaban J connectivity index is 1.17. The van der Waals surface area contributed by atoms with Crippen molar-refractivity contribution in [2.45, 2.75) is 0 Å². The minimum Gasteiger partial charge on any atom is -0.378 e. The average Bonchev–Trinajstić information content (AvgIpc) is 3.91. The van der Waals surface area contributed by atoms with Crippen molar-refractivity contribution in [2.24, 2.45) is 0 Å². The molecule has 14 nitrogen and oxygen atoms in total. The normalized spacial score (nSPS) is 14.7. The highest BCUT2D eigenvalue weighted by molar-refractivity contribution is 6.32. The highest BCUT2D eigenvalue weighted by Gasteiger charge is 2.29. The van der Waals surface area contributed by atoms with E-state index in [1.54, 1.807) is 24.8 Å². The number of hydrogen-bond donors (Lipinski definition) is 0. The summed E-state index contributed by atoms with van der Waals surface area (Å²) in [5, 5.41) is 15.0. The van der Waals surface area contributed by atoms with Gasteiger partial charge in [-0.05, 0) is 97.1 Å². The molecule has 0 unspecified atom stereocenters. The van der Waals surface area contributed by atoms with Gasteiger partial charge in [-0.1, -0.05) is 23.2 Å². The highest BCUT2D eigenvalue weighted by atomic mass is 35.5. The molecule has 0 aliphatic carbocycles. The van der Waals surface area contributed by atoms with Crippen LogP contribution in [0, 0.1) is 0 Å². The molecule has 2 aliphatic heterocycles. The molecule has 0 saturated carbocycles. The predicted octanol–water partition coefficient (Wildman–Crippen LogP) is 7.77. The molecular weight excluding hydrogens is 775 g/mol. The Morgan fingerprint density at radius 1 is 0.483 bits per heavy atom. The summed E-state index contributed by atoms with van der Waals surface area (Å²) in [4.78, 5) is 23.3. The third kappa shape index (κ3) is 6.79. The molecule has 10 rings (SSSR count). The van der Waals surface area contributed by atoms with Crippen LogP contribution in [-0.4, -0.2) is 91.8 Å². The number of morpholine rings is 2. The lowest BCUT2D eigenvalue weighted by Crippen LogP contribution is -2.39. The SMILES string of the molecule is Clc1ncccc1-c1ccc2cnc(N(c3ccc(N4CCOCC4)cc3)N(c3ccc(N4CCOCC4)cc3)c3ncc4ccc(-c5cccnc5Cl)n4n3)nn12. The summed E-state index contributed by atoms with van der Waals surface area (Å²) in [6.07, 6.45) is 6.93. The molecule has 16 heteroatoms. The van der Waals surface area contributed by atoms with Crippen LogP contribution in [0.4, 0.5) is 34.6 Å². The van der Waals surface area contributed by atoms with Crippen molar-refractivity contribution in [3.8, 4) is 22.5 Å². The maximum Gasteiger partial charge on any atom is 0.267 e. The van der Waals surface area contributed by atoms with Crippen molar-refractivity contribution in [1.82, 2.24) is 39.2 Å². The number of benzene rings is 2. The molecule has 2 saturated heterocycles. The Hall–Kier alpha value is -6.32. The van der Waals surface area contributed by atoms with E-state index in [4.69, 9.17) is 52.8 Å². The number of nitrogens with zero attached hydrogens (tertiary/aromatic N) is 12. The molecule has 0 amide bonds. The lowest BCUT2D eigenvalue weighted by atomic mass is 10.2. The number of ether oxygens (including phenoxy) is 2. The molecule has 0 N–H and O–H groups in total. The van der Waals surface area contributed by atoms with E-state index in [-0.39, 0.29) is 0 Å². The van der Waals surface area contributed by atoms with Gasteiger partial charge in [-0.15, -0.1) is 10.2 Å². The van der Waals surface area contributed by atoms with E-state index in [9.17, 15) is 0 Å². The van der Waals surface area contributed by atoms with E-state index in [1.165, 1.54) is 0 Å². The minimum atomic E-state index is 0.355. The molecule has 0 radical (unpaired) electrons. The van der Waals surface area contributed by atoms with Crippen LogP contribution in [0.25, 0.3) is 33.5 Å². The van der Waals surface area contributed by atoms with Gasteiger partial charge in [-0.2, -0.15) is 0 Å². The number of hydrogen-bond acceptors (Lipinski definition) is 12. The Labute approximate surface area is 343 Å². The maximum atomic E-state index is 6.64. The molecule has 2 fully saturated rings. The van der Waals surface area contributed by atoms with Gasteiger partial charge in [0.15, 0.2) is 0 Å². The van der Waals surface area contributed by atoms with Crippen LogP contribution < -0.4 is 19.8 Å². The van der Waals surface area contributed by atoms with Crippen LogP contribution >= 0.6 is 23.2 Å². The van der Waals surface area contributed by atoms with E-state index in [0.29, 0.717) is 48.6 Å². The smallest absolute Gasteiger partial charge is 0.267 e.